The third-order valence-corrected chi connectivity index (χ3v) is 4.17. The quantitative estimate of drug-likeness (QED) is 0.798. The zero-order chi connectivity index (χ0) is 16.9. The molecule has 1 amide bonds. The Kier molecular flexibility index (Phi) is 5.15. The van der Waals surface area contributed by atoms with Crippen molar-refractivity contribution in [1.29, 1.82) is 0 Å². The van der Waals surface area contributed by atoms with E-state index in [1.54, 1.807) is 7.11 Å². The number of hydrogen-bond donors (Lipinski definition) is 2. The van der Waals surface area contributed by atoms with E-state index in [0.717, 1.165) is 23.4 Å². The Hall–Kier alpha value is -2.34. The Bertz CT molecular complexity index is 711. The minimum Gasteiger partial charge on any atom is -0.496 e. The molecule has 3 rings (SSSR count). The van der Waals surface area contributed by atoms with Gasteiger partial charge in [-0.15, -0.1) is 0 Å². The molecule has 0 spiro atoms. The normalized spacial score (nSPS) is 17.1. The molecule has 128 valence electrons. The number of fused-ring (bicyclic) bond motifs is 1. The van der Waals surface area contributed by atoms with Crippen molar-refractivity contribution in [1.82, 2.24) is 15.3 Å². The molecule has 2 N–H and O–H groups in total. The molecule has 2 aromatic rings. The van der Waals surface area contributed by atoms with Crippen LogP contribution in [0.25, 0.3) is 0 Å². The van der Waals surface area contributed by atoms with Gasteiger partial charge < -0.3 is 19.8 Å². The number of aromatic amines is 1. The van der Waals surface area contributed by atoms with Crippen LogP contribution in [-0.2, 0) is 17.8 Å². The monoisotopic (exact) mass is 329 g/mol. The molecule has 1 aromatic carbocycles. The van der Waals surface area contributed by atoms with Crippen molar-refractivity contribution in [2.75, 3.05) is 20.3 Å². The van der Waals surface area contributed by atoms with E-state index in [1.807, 2.05) is 24.3 Å². The molecule has 0 saturated heterocycles. The van der Waals surface area contributed by atoms with Crippen LogP contribution >= 0.6 is 0 Å². The molecule has 0 fully saturated rings. The summed E-state index contributed by atoms with van der Waals surface area (Å²) in [6, 6.07) is 7.92. The standard InChI is InChI=1S/C18H23N3O3/c1-3-8-24-11-16-20-14-9-12(10-19-18(22)17(14)21-16)13-6-4-5-7-15(13)23-2/h4-7,12H,3,8-11H2,1-2H3,(H,19,22)(H,20,21)/t12-/m0/s1. The molecule has 1 atom stereocenters. The number of benzene rings is 1. The summed E-state index contributed by atoms with van der Waals surface area (Å²) in [6.45, 7) is 3.70. The smallest absolute Gasteiger partial charge is 0.271 e. The van der Waals surface area contributed by atoms with Crippen molar-refractivity contribution in [2.24, 2.45) is 0 Å². The Labute approximate surface area is 141 Å². The second kappa shape index (κ2) is 7.49. The minimum absolute atomic E-state index is 0.135. The second-order valence-electron chi connectivity index (χ2n) is 5.92. The molecule has 0 bridgehead atoms. The maximum absolute atomic E-state index is 12.3. The number of para-hydroxylation sites is 1. The van der Waals surface area contributed by atoms with Crippen LogP contribution in [-0.4, -0.2) is 36.1 Å². The molecule has 2 heterocycles. The fraction of sp³-hybridized carbons (Fsp3) is 0.444. The Morgan fingerprint density at radius 2 is 2.17 bits per heavy atom. The van der Waals surface area contributed by atoms with E-state index in [4.69, 9.17) is 9.47 Å². The topological polar surface area (TPSA) is 76.2 Å². The number of methoxy groups -OCH3 is 1. The fourth-order valence-electron chi connectivity index (χ4n) is 3.02. The average Bonchev–Trinajstić information content (AvgIpc) is 2.94. The van der Waals surface area contributed by atoms with Crippen LogP contribution in [0.15, 0.2) is 24.3 Å². The number of H-pyrrole nitrogens is 1. The van der Waals surface area contributed by atoms with Crippen LogP contribution in [0.3, 0.4) is 0 Å². The molecular formula is C18H23N3O3. The number of carbonyl (C=O) groups excluding carboxylic acids is 1. The summed E-state index contributed by atoms with van der Waals surface area (Å²) in [5, 5.41) is 2.96. The van der Waals surface area contributed by atoms with Gasteiger partial charge in [0.05, 0.1) is 7.11 Å². The SMILES string of the molecule is CCCOCc1nc2c([nH]1)C[C@H](c1ccccc1OC)CNC2=O. The van der Waals surface area contributed by atoms with Gasteiger partial charge >= 0.3 is 0 Å². The van der Waals surface area contributed by atoms with Crippen molar-refractivity contribution in [2.45, 2.75) is 32.3 Å². The highest BCUT2D eigenvalue weighted by Crippen LogP contribution is 2.30. The number of carbonyl (C=O) groups is 1. The lowest BCUT2D eigenvalue weighted by Crippen LogP contribution is -2.26. The molecule has 0 aliphatic carbocycles. The number of nitrogens with one attached hydrogen (secondary N) is 2. The van der Waals surface area contributed by atoms with Crippen LogP contribution in [0.1, 0.15) is 46.8 Å². The van der Waals surface area contributed by atoms with E-state index in [2.05, 4.69) is 22.2 Å². The molecule has 1 aliphatic rings. The van der Waals surface area contributed by atoms with Gasteiger partial charge in [-0.2, -0.15) is 0 Å². The summed E-state index contributed by atoms with van der Waals surface area (Å²) in [7, 11) is 1.67. The molecule has 1 aromatic heterocycles. The maximum atomic E-state index is 12.3. The third kappa shape index (κ3) is 3.43. The van der Waals surface area contributed by atoms with Gasteiger partial charge in [0.25, 0.3) is 5.91 Å². The van der Waals surface area contributed by atoms with Gasteiger partial charge in [-0.3, -0.25) is 4.79 Å². The van der Waals surface area contributed by atoms with Crippen molar-refractivity contribution < 1.29 is 14.3 Å². The van der Waals surface area contributed by atoms with Gasteiger partial charge in [0.2, 0.25) is 0 Å². The van der Waals surface area contributed by atoms with Crippen molar-refractivity contribution in [3.8, 4) is 5.75 Å². The van der Waals surface area contributed by atoms with Crippen LogP contribution < -0.4 is 10.1 Å². The highest BCUT2D eigenvalue weighted by atomic mass is 16.5. The molecule has 6 nitrogen and oxygen atoms in total. The van der Waals surface area contributed by atoms with E-state index in [-0.39, 0.29) is 11.8 Å². The summed E-state index contributed by atoms with van der Waals surface area (Å²) < 4.78 is 11.0. The van der Waals surface area contributed by atoms with E-state index in [9.17, 15) is 4.79 Å². The van der Waals surface area contributed by atoms with Gasteiger partial charge in [0.15, 0.2) is 0 Å². The van der Waals surface area contributed by atoms with Crippen LogP contribution in [0.2, 0.25) is 0 Å². The van der Waals surface area contributed by atoms with Crippen molar-refractivity contribution >= 4 is 5.91 Å². The van der Waals surface area contributed by atoms with Crippen molar-refractivity contribution in [3.63, 3.8) is 0 Å². The van der Waals surface area contributed by atoms with Gasteiger partial charge in [0.1, 0.15) is 23.9 Å². The second-order valence-corrected chi connectivity index (χ2v) is 5.92. The highest BCUT2D eigenvalue weighted by molar-refractivity contribution is 5.94. The first-order valence-corrected chi connectivity index (χ1v) is 8.29. The maximum Gasteiger partial charge on any atom is 0.271 e. The van der Waals surface area contributed by atoms with E-state index in [1.165, 1.54) is 0 Å². The zero-order valence-electron chi connectivity index (χ0n) is 14.1. The lowest BCUT2D eigenvalue weighted by molar-refractivity contribution is 0.0948. The molecule has 0 saturated carbocycles. The van der Waals surface area contributed by atoms with Crippen LogP contribution in [0.5, 0.6) is 5.75 Å². The highest BCUT2D eigenvalue weighted by Gasteiger charge is 2.27. The van der Waals surface area contributed by atoms with E-state index < -0.39 is 0 Å². The summed E-state index contributed by atoms with van der Waals surface area (Å²) >= 11 is 0. The fourth-order valence-corrected chi connectivity index (χ4v) is 3.02. The molecule has 6 heteroatoms. The van der Waals surface area contributed by atoms with Gasteiger partial charge in [0, 0.05) is 24.8 Å². The molecule has 24 heavy (non-hydrogen) atoms. The number of aromatic nitrogens is 2. The number of amides is 1. The van der Waals surface area contributed by atoms with Crippen LogP contribution in [0.4, 0.5) is 0 Å². The summed E-state index contributed by atoms with van der Waals surface area (Å²) in [5.74, 6) is 1.53. The molecular weight excluding hydrogens is 306 g/mol. The first-order chi connectivity index (χ1) is 11.7. The van der Waals surface area contributed by atoms with Gasteiger partial charge in [-0.1, -0.05) is 25.1 Å². The number of nitrogens with zero attached hydrogens (tertiary/aromatic N) is 1. The molecule has 0 unspecified atom stereocenters. The summed E-state index contributed by atoms with van der Waals surface area (Å²) in [5.41, 5.74) is 2.42. The zero-order valence-corrected chi connectivity index (χ0v) is 14.1. The van der Waals surface area contributed by atoms with Crippen molar-refractivity contribution in [3.05, 3.63) is 47.0 Å². The lowest BCUT2D eigenvalue weighted by atomic mass is 9.93. The predicted molar refractivity (Wildman–Crippen MR) is 90.3 cm³/mol. The number of rotatable bonds is 6. The summed E-state index contributed by atoms with van der Waals surface area (Å²) in [6.07, 6.45) is 1.66. The lowest BCUT2D eigenvalue weighted by Gasteiger charge is -2.17. The molecule has 1 aliphatic heterocycles. The van der Waals surface area contributed by atoms with E-state index >= 15 is 0 Å². The first-order valence-electron chi connectivity index (χ1n) is 8.29. The third-order valence-electron chi connectivity index (χ3n) is 4.17. The summed E-state index contributed by atoms with van der Waals surface area (Å²) in [4.78, 5) is 20.0. The first kappa shape index (κ1) is 16.5. The van der Waals surface area contributed by atoms with Crippen LogP contribution in [0, 0.1) is 0 Å². The largest absolute Gasteiger partial charge is 0.496 e. The minimum atomic E-state index is -0.139. The number of imidazole rings is 1. The predicted octanol–water partition coefficient (Wildman–Crippen LogP) is 2.41. The Balaban J connectivity index is 1.84. The number of ether oxygens (including phenoxy) is 2. The van der Waals surface area contributed by atoms with Gasteiger partial charge in [-0.05, 0) is 24.5 Å². The molecule has 0 radical (unpaired) electrons. The van der Waals surface area contributed by atoms with E-state index in [0.29, 0.717) is 37.7 Å². The van der Waals surface area contributed by atoms with Gasteiger partial charge in [-0.25, -0.2) is 4.98 Å². The number of hydrogen-bond acceptors (Lipinski definition) is 4. The average molecular weight is 329 g/mol. The Morgan fingerprint density at radius 3 is 2.96 bits per heavy atom. The Morgan fingerprint density at radius 1 is 1.33 bits per heavy atom.